The molecule has 0 saturated heterocycles. The van der Waals surface area contributed by atoms with Crippen LogP contribution in [0, 0.1) is 5.82 Å². The summed E-state index contributed by atoms with van der Waals surface area (Å²) in [6.07, 6.45) is 0. The number of halogens is 1. The summed E-state index contributed by atoms with van der Waals surface area (Å²) in [6, 6.07) is 6.28. The van der Waals surface area contributed by atoms with Crippen molar-refractivity contribution in [3.63, 3.8) is 0 Å². The van der Waals surface area contributed by atoms with Gasteiger partial charge in [0.2, 0.25) is 5.82 Å². The zero-order valence-corrected chi connectivity index (χ0v) is 6.03. The maximum atomic E-state index is 13.0. The summed E-state index contributed by atoms with van der Waals surface area (Å²) < 4.78 is 13.0. The third-order valence-electron chi connectivity index (χ3n) is 1.46. The molecule has 0 radical (unpaired) electrons. The standard InChI is InChI=1S/C7H5FN4/c8-6-4-2-1-3-5(6)7-9-11-12-10-7/h1-4H,(H,9,10,11,12). The van der Waals surface area contributed by atoms with E-state index in [-0.39, 0.29) is 11.6 Å². The molecular weight excluding hydrogens is 159 g/mol. The molecule has 0 atom stereocenters. The van der Waals surface area contributed by atoms with Crippen LogP contribution in [0.3, 0.4) is 0 Å². The second-order valence-corrected chi connectivity index (χ2v) is 2.22. The van der Waals surface area contributed by atoms with Gasteiger partial charge in [0, 0.05) is 0 Å². The van der Waals surface area contributed by atoms with Gasteiger partial charge in [-0.25, -0.2) is 4.39 Å². The first kappa shape index (κ1) is 6.90. The van der Waals surface area contributed by atoms with Crippen molar-refractivity contribution < 1.29 is 4.39 Å². The van der Waals surface area contributed by atoms with Gasteiger partial charge in [0.1, 0.15) is 5.82 Å². The topological polar surface area (TPSA) is 54.5 Å². The van der Waals surface area contributed by atoms with E-state index in [4.69, 9.17) is 0 Å². The summed E-state index contributed by atoms with van der Waals surface area (Å²) in [5.74, 6) is -0.0769. The van der Waals surface area contributed by atoms with E-state index in [1.165, 1.54) is 6.07 Å². The Morgan fingerprint density at radius 2 is 2.08 bits per heavy atom. The molecule has 0 amide bonds. The van der Waals surface area contributed by atoms with Gasteiger partial charge in [-0.15, -0.1) is 10.2 Å². The highest BCUT2D eigenvalue weighted by Gasteiger charge is 2.06. The molecule has 0 saturated carbocycles. The van der Waals surface area contributed by atoms with Gasteiger partial charge in [0.25, 0.3) is 0 Å². The summed E-state index contributed by atoms with van der Waals surface area (Å²) >= 11 is 0. The second kappa shape index (κ2) is 2.69. The van der Waals surface area contributed by atoms with Crippen LogP contribution in [0.25, 0.3) is 11.4 Å². The molecule has 1 heterocycles. The van der Waals surface area contributed by atoms with Crippen LogP contribution in [-0.2, 0) is 0 Å². The summed E-state index contributed by atoms with van der Waals surface area (Å²) in [5, 5.41) is 12.9. The predicted octanol–water partition coefficient (Wildman–Crippen LogP) is 1.01. The number of aromatic nitrogens is 4. The van der Waals surface area contributed by atoms with Crippen molar-refractivity contribution in [1.82, 2.24) is 20.6 Å². The van der Waals surface area contributed by atoms with E-state index < -0.39 is 0 Å². The Hall–Kier alpha value is -1.78. The van der Waals surface area contributed by atoms with Gasteiger partial charge in [0.15, 0.2) is 0 Å². The van der Waals surface area contributed by atoms with Crippen LogP contribution in [0.2, 0.25) is 0 Å². The Balaban J connectivity index is 2.55. The fraction of sp³-hybridized carbons (Fsp3) is 0. The van der Waals surface area contributed by atoms with Crippen LogP contribution in [0.1, 0.15) is 0 Å². The molecule has 4 nitrogen and oxygen atoms in total. The molecule has 1 N–H and O–H groups in total. The smallest absolute Gasteiger partial charge is 0.206 e. The van der Waals surface area contributed by atoms with E-state index in [2.05, 4.69) is 20.6 Å². The fourth-order valence-corrected chi connectivity index (χ4v) is 0.918. The third-order valence-corrected chi connectivity index (χ3v) is 1.46. The molecule has 1 aromatic carbocycles. The average molecular weight is 164 g/mol. The molecule has 2 rings (SSSR count). The number of hydrogen-bond donors (Lipinski definition) is 1. The molecule has 2 aromatic rings. The minimum Gasteiger partial charge on any atom is -0.206 e. The molecule has 0 aliphatic rings. The lowest BCUT2D eigenvalue weighted by Crippen LogP contribution is -1.85. The Bertz CT molecular complexity index is 371. The molecule has 0 fully saturated rings. The Labute approximate surface area is 67.4 Å². The van der Waals surface area contributed by atoms with Crippen molar-refractivity contribution >= 4 is 0 Å². The lowest BCUT2D eigenvalue weighted by molar-refractivity contribution is 0.630. The van der Waals surface area contributed by atoms with Crippen LogP contribution < -0.4 is 0 Å². The number of benzene rings is 1. The van der Waals surface area contributed by atoms with Crippen LogP contribution >= 0.6 is 0 Å². The SMILES string of the molecule is Fc1ccccc1-c1nn[nH]n1. The van der Waals surface area contributed by atoms with E-state index in [0.717, 1.165) is 0 Å². The van der Waals surface area contributed by atoms with Gasteiger partial charge >= 0.3 is 0 Å². The van der Waals surface area contributed by atoms with Gasteiger partial charge in [-0.3, -0.25) is 0 Å². The Kier molecular flexibility index (Phi) is 1.55. The van der Waals surface area contributed by atoms with E-state index in [1.807, 2.05) is 0 Å². The first-order valence-corrected chi connectivity index (χ1v) is 3.36. The molecule has 0 spiro atoms. The lowest BCUT2D eigenvalue weighted by Gasteiger charge is -1.93. The zero-order valence-electron chi connectivity index (χ0n) is 6.03. The monoisotopic (exact) mass is 164 g/mol. The molecule has 1 aromatic heterocycles. The van der Waals surface area contributed by atoms with Crippen LogP contribution in [0.5, 0.6) is 0 Å². The molecule has 12 heavy (non-hydrogen) atoms. The second-order valence-electron chi connectivity index (χ2n) is 2.22. The maximum absolute atomic E-state index is 13.0. The van der Waals surface area contributed by atoms with Crippen molar-refractivity contribution in [3.05, 3.63) is 30.1 Å². The summed E-state index contributed by atoms with van der Waals surface area (Å²) in [5.41, 5.74) is 0.353. The normalized spacial score (nSPS) is 10.1. The first-order valence-electron chi connectivity index (χ1n) is 3.36. The van der Waals surface area contributed by atoms with E-state index in [1.54, 1.807) is 18.2 Å². The van der Waals surface area contributed by atoms with Crippen molar-refractivity contribution in [2.24, 2.45) is 0 Å². The number of hydrogen-bond acceptors (Lipinski definition) is 3. The molecule has 60 valence electrons. The lowest BCUT2D eigenvalue weighted by atomic mass is 10.2. The quantitative estimate of drug-likeness (QED) is 0.684. The summed E-state index contributed by atoms with van der Waals surface area (Å²) in [4.78, 5) is 0. The van der Waals surface area contributed by atoms with Gasteiger partial charge in [-0.05, 0) is 17.3 Å². The molecule has 0 aliphatic carbocycles. The highest BCUT2D eigenvalue weighted by molar-refractivity contribution is 5.54. The molecule has 0 aliphatic heterocycles. The predicted molar refractivity (Wildman–Crippen MR) is 39.6 cm³/mol. The minimum atomic E-state index is -0.348. The Morgan fingerprint density at radius 3 is 2.75 bits per heavy atom. The first-order chi connectivity index (χ1) is 5.88. The number of nitrogens with zero attached hydrogens (tertiary/aromatic N) is 3. The average Bonchev–Trinajstić information content (AvgIpc) is 2.57. The number of aromatic amines is 1. The summed E-state index contributed by atoms with van der Waals surface area (Å²) in [7, 11) is 0. The van der Waals surface area contributed by atoms with Crippen LogP contribution in [0.4, 0.5) is 4.39 Å². The van der Waals surface area contributed by atoms with Crippen molar-refractivity contribution in [2.45, 2.75) is 0 Å². The molecule has 5 heteroatoms. The maximum Gasteiger partial charge on any atom is 0.207 e. The van der Waals surface area contributed by atoms with Gasteiger partial charge in [-0.1, -0.05) is 12.1 Å². The van der Waals surface area contributed by atoms with Crippen LogP contribution in [0.15, 0.2) is 24.3 Å². The molecule has 0 unspecified atom stereocenters. The van der Waals surface area contributed by atoms with E-state index in [0.29, 0.717) is 5.56 Å². The highest BCUT2D eigenvalue weighted by Crippen LogP contribution is 2.16. The summed E-state index contributed by atoms with van der Waals surface area (Å²) in [6.45, 7) is 0. The largest absolute Gasteiger partial charge is 0.207 e. The van der Waals surface area contributed by atoms with E-state index in [9.17, 15) is 4.39 Å². The van der Waals surface area contributed by atoms with Crippen molar-refractivity contribution in [1.29, 1.82) is 0 Å². The fourth-order valence-electron chi connectivity index (χ4n) is 0.918. The number of tetrazole rings is 1. The van der Waals surface area contributed by atoms with Crippen molar-refractivity contribution in [3.8, 4) is 11.4 Å². The zero-order chi connectivity index (χ0) is 8.39. The number of nitrogens with one attached hydrogen (secondary N) is 1. The van der Waals surface area contributed by atoms with Crippen LogP contribution in [-0.4, -0.2) is 20.6 Å². The van der Waals surface area contributed by atoms with Gasteiger partial charge < -0.3 is 0 Å². The van der Waals surface area contributed by atoms with Gasteiger partial charge in [0.05, 0.1) is 5.56 Å². The van der Waals surface area contributed by atoms with Crippen molar-refractivity contribution in [2.75, 3.05) is 0 Å². The minimum absolute atomic E-state index is 0.271. The van der Waals surface area contributed by atoms with E-state index >= 15 is 0 Å². The molecule has 0 bridgehead atoms. The third kappa shape index (κ3) is 1.05. The molecular formula is C7H5FN4. The highest BCUT2D eigenvalue weighted by atomic mass is 19.1. The number of H-pyrrole nitrogens is 1. The number of rotatable bonds is 1. The Morgan fingerprint density at radius 1 is 1.25 bits per heavy atom. The van der Waals surface area contributed by atoms with Gasteiger partial charge in [-0.2, -0.15) is 5.21 Å².